The highest BCUT2D eigenvalue weighted by Gasteiger charge is 2.44. The summed E-state index contributed by atoms with van der Waals surface area (Å²) in [4.78, 5) is 0. The van der Waals surface area contributed by atoms with Gasteiger partial charge in [0.15, 0.2) is 0 Å². The fourth-order valence-corrected chi connectivity index (χ4v) is 3.34. The second-order valence-electron chi connectivity index (χ2n) is 5.42. The average Bonchev–Trinajstić information content (AvgIpc) is 2.67. The summed E-state index contributed by atoms with van der Waals surface area (Å²) < 4.78 is 5.54. The molecule has 0 radical (unpaired) electrons. The molecule has 0 saturated heterocycles. The number of aliphatic hydroxyl groups is 2. The van der Waals surface area contributed by atoms with Crippen molar-refractivity contribution in [2.45, 2.75) is 58.2 Å². The minimum absolute atomic E-state index is 0.173. The van der Waals surface area contributed by atoms with Gasteiger partial charge < -0.3 is 14.9 Å². The molecule has 0 bridgehead atoms. The van der Waals surface area contributed by atoms with Crippen LogP contribution in [0.5, 0.6) is 0 Å². The zero-order valence-electron chi connectivity index (χ0n) is 11.4. The zero-order chi connectivity index (χ0) is 12.8. The maximum atomic E-state index is 9.79. The van der Waals surface area contributed by atoms with Crippen molar-refractivity contribution in [3.05, 3.63) is 0 Å². The molecule has 5 atom stereocenters. The van der Waals surface area contributed by atoms with Crippen molar-refractivity contribution in [3.63, 3.8) is 0 Å². The molecule has 0 aromatic carbocycles. The maximum absolute atomic E-state index is 9.79. The third kappa shape index (κ3) is 3.67. The molecule has 17 heavy (non-hydrogen) atoms. The number of methoxy groups -OCH3 is 1. The van der Waals surface area contributed by atoms with Gasteiger partial charge in [-0.1, -0.05) is 26.2 Å². The van der Waals surface area contributed by atoms with Crippen molar-refractivity contribution in [1.82, 2.24) is 0 Å². The minimum Gasteiger partial charge on any atom is -0.396 e. The minimum atomic E-state index is -0.346. The highest BCUT2D eigenvalue weighted by molar-refractivity contribution is 4.93. The van der Waals surface area contributed by atoms with Gasteiger partial charge in [0.05, 0.1) is 12.2 Å². The Hall–Kier alpha value is -0.120. The van der Waals surface area contributed by atoms with Gasteiger partial charge in [-0.3, -0.25) is 0 Å². The Morgan fingerprint density at radius 1 is 1.29 bits per heavy atom. The largest absolute Gasteiger partial charge is 0.396 e. The van der Waals surface area contributed by atoms with Crippen LogP contribution < -0.4 is 0 Å². The van der Waals surface area contributed by atoms with E-state index >= 15 is 0 Å². The summed E-state index contributed by atoms with van der Waals surface area (Å²) in [5.41, 5.74) is 0. The number of unbranched alkanes of at least 4 members (excludes halogenated alkanes) is 2. The summed E-state index contributed by atoms with van der Waals surface area (Å²) >= 11 is 0. The molecule has 2 N–H and O–H groups in total. The standard InChI is InChI=1S/C14H28O3/c1-4-5-6-7-11-13(9-15)12(10(2)16)8-14(11)17-3/h10-16H,4-9H2,1-3H3/t10?,11-,12+,13+,14?/m1/s1. The molecule has 1 aliphatic carbocycles. The lowest BCUT2D eigenvalue weighted by Gasteiger charge is -2.25. The van der Waals surface area contributed by atoms with Crippen LogP contribution in [0.4, 0.5) is 0 Å². The van der Waals surface area contributed by atoms with Crippen LogP contribution in [0.15, 0.2) is 0 Å². The topological polar surface area (TPSA) is 49.7 Å². The average molecular weight is 244 g/mol. The molecule has 3 nitrogen and oxygen atoms in total. The summed E-state index contributed by atoms with van der Waals surface area (Å²) in [6.07, 6.45) is 5.52. The fourth-order valence-electron chi connectivity index (χ4n) is 3.34. The van der Waals surface area contributed by atoms with Gasteiger partial charge in [0, 0.05) is 13.7 Å². The van der Waals surface area contributed by atoms with E-state index in [1.54, 1.807) is 7.11 Å². The summed E-state index contributed by atoms with van der Waals surface area (Å²) in [6.45, 7) is 4.20. The van der Waals surface area contributed by atoms with E-state index in [1.165, 1.54) is 19.3 Å². The van der Waals surface area contributed by atoms with Crippen molar-refractivity contribution in [2.75, 3.05) is 13.7 Å². The van der Waals surface area contributed by atoms with E-state index in [-0.39, 0.29) is 30.7 Å². The van der Waals surface area contributed by atoms with Gasteiger partial charge in [-0.25, -0.2) is 0 Å². The highest BCUT2D eigenvalue weighted by Crippen LogP contribution is 2.42. The van der Waals surface area contributed by atoms with E-state index in [9.17, 15) is 10.2 Å². The number of hydrogen-bond donors (Lipinski definition) is 2. The van der Waals surface area contributed by atoms with Crippen molar-refractivity contribution < 1.29 is 14.9 Å². The molecule has 0 heterocycles. The van der Waals surface area contributed by atoms with Gasteiger partial charge in [0.25, 0.3) is 0 Å². The fraction of sp³-hybridized carbons (Fsp3) is 1.00. The van der Waals surface area contributed by atoms with Crippen LogP contribution in [0.2, 0.25) is 0 Å². The highest BCUT2D eigenvalue weighted by atomic mass is 16.5. The molecule has 0 spiro atoms. The summed E-state index contributed by atoms with van der Waals surface area (Å²) in [5, 5.41) is 19.3. The van der Waals surface area contributed by atoms with Gasteiger partial charge in [-0.15, -0.1) is 0 Å². The first-order valence-corrected chi connectivity index (χ1v) is 6.97. The second-order valence-corrected chi connectivity index (χ2v) is 5.42. The van der Waals surface area contributed by atoms with Crippen LogP contribution in [-0.4, -0.2) is 36.1 Å². The van der Waals surface area contributed by atoms with Gasteiger partial charge >= 0.3 is 0 Å². The third-order valence-corrected chi connectivity index (χ3v) is 4.36. The molecule has 3 heteroatoms. The van der Waals surface area contributed by atoms with Gasteiger partial charge in [0.1, 0.15) is 0 Å². The first-order valence-electron chi connectivity index (χ1n) is 6.97. The summed E-state index contributed by atoms with van der Waals surface area (Å²) in [7, 11) is 1.75. The van der Waals surface area contributed by atoms with Crippen LogP contribution in [0.3, 0.4) is 0 Å². The number of aliphatic hydroxyl groups excluding tert-OH is 2. The van der Waals surface area contributed by atoms with Crippen molar-refractivity contribution in [1.29, 1.82) is 0 Å². The predicted molar refractivity (Wildman–Crippen MR) is 68.8 cm³/mol. The molecule has 0 aromatic heterocycles. The number of rotatable bonds is 7. The molecule has 2 unspecified atom stereocenters. The van der Waals surface area contributed by atoms with Gasteiger partial charge in [-0.05, 0) is 37.5 Å². The first kappa shape index (κ1) is 14.9. The molecular weight excluding hydrogens is 216 g/mol. The monoisotopic (exact) mass is 244 g/mol. The first-order chi connectivity index (χ1) is 8.15. The van der Waals surface area contributed by atoms with E-state index < -0.39 is 0 Å². The molecular formula is C14H28O3. The van der Waals surface area contributed by atoms with E-state index in [0.29, 0.717) is 5.92 Å². The van der Waals surface area contributed by atoms with Gasteiger partial charge in [0.2, 0.25) is 0 Å². The summed E-state index contributed by atoms with van der Waals surface area (Å²) in [6, 6.07) is 0. The SMILES string of the molecule is CCCCC[C@H]1C(OC)C[C@@H](C(C)O)[C@H]1CO. The Balaban J connectivity index is 2.62. The van der Waals surface area contributed by atoms with E-state index in [0.717, 1.165) is 12.8 Å². The van der Waals surface area contributed by atoms with Crippen LogP contribution in [0, 0.1) is 17.8 Å². The Kier molecular flexibility index (Phi) is 6.45. The maximum Gasteiger partial charge on any atom is 0.0606 e. The van der Waals surface area contributed by atoms with Crippen LogP contribution >= 0.6 is 0 Å². The van der Waals surface area contributed by atoms with Crippen molar-refractivity contribution >= 4 is 0 Å². The Morgan fingerprint density at radius 3 is 2.47 bits per heavy atom. The lowest BCUT2D eigenvalue weighted by molar-refractivity contribution is 0.0430. The molecule has 102 valence electrons. The lowest BCUT2D eigenvalue weighted by atomic mass is 9.84. The van der Waals surface area contributed by atoms with Crippen LogP contribution in [-0.2, 0) is 4.74 Å². The lowest BCUT2D eigenvalue weighted by Crippen LogP contribution is -2.28. The third-order valence-electron chi connectivity index (χ3n) is 4.36. The Bertz CT molecular complexity index is 206. The van der Waals surface area contributed by atoms with Crippen molar-refractivity contribution in [3.8, 4) is 0 Å². The zero-order valence-corrected chi connectivity index (χ0v) is 11.4. The Labute approximate surface area is 105 Å². The van der Waals surface area contributed by atoms with E-state index in [4.69, 9.17) is 4.74 Å². The Morgan fingerprint density at radius 2 is 2.00 bits per heavy atom. The normalized spacial score (nSPS) is 35.1. The molecule has 0 amide bonds. The number of hydrogen-bond acceptors (Lipinski definition) is 3. The van der Waals surface area contributed by atoms with E-state index in [2.05, 4.69) is 6.92 Å². The van der Waals surface area contributed by atoms with Crippen LogP contribution in [0.25, 0.3) is 0 Å². The van der Waals surface area contributed by atoms with Gasteiger partial charge in [-0.2, -0.15) is 0 Å². The number of ether oxygens (including phenoxy) is 1. The van der Waals surface area contributed by atoms with Crippen LogP contribution in [0.1, 0.15) is 46.0 Å². The second kappa shape index (κ2) is 7.34. The molecule has 0 aliphatic heterocycles. The summed E-state index contributed by atoms with van der Waals surface area (Å²) in [5.74, 6) is 0.810. The van der Waals surface area contributed by atoms with E-state index in [1.807, 2.05) is 6.92 Å². The molecule has 1 aliphatic rings. The molecule has 0 aromatic rings. The molecule has 1 fully saturated rings. The quantitative estimate of drug-likeness (QED) is 0.675. The van der Waals surface area contributed by atoms with Crippen molar-refractivity contribution in [2.24, 2.45) is 17.8 Å². The molecule has 1 rings (SSSR count). The molecule has 1 saturated carbocycles. The predicted octanol–water partition coefficient (Wildman–Crippen LogP) is 2.21. The smallest absolute Gasteiger partial charge is 0.0606 e.